The number of rotatable bonds is 9. The quantitative estimate of drug-likeness (QED) is 0.281. The lowest BCUT2D eigenvalue weighted by Gasteiger charge is -2.10. The minimum Gasteiger partial charge on any atom is -0.491 e. The molecule has 0 radical (unpaired) electrons. The molecule has 1 N–H and O–H groups in total. The second-order valence-electron chi connectivity index (χ2n) is 6.71. The first-order valence-electron chi connectivity index (χ1n) is 9.82. The zero-order valence-electron chi connectivity index (χ0n) is 17.0. The number of fused-ring (bicyclic) bond motifs is 1. The molecule has 1 heterocycles. The number of hydrogen-bond donors (Lipinski definition) is 1. The van der Waals surface area contributed by atoms with Crippen molar-refractivity contribution in [2.45, 2.75) is 11.0 Å². The summed E-state index contributed by atoms with van der Waals surface area (Å²) in [5, 5.41) is 3.53. The van der Waals surface area contributed by atoms with E-state index in [-0.39, 0.29) is 5.91 Å². The van der Waals surface area contributed by atoms with Crippen LogP contribution in [0.3, 0.4) is 0 Å². The van der Waals surface area contributed by atoms with Gasteiger partial charge in [0, 0.05) is 24.1 Å². The summed E-state index contributed by atoms with van der Waals surface area (Å²) in [5.41, 5.74) is 3.81. The van der Waals surface area contributed by atoms with Crippen LogP contribution in [-0.2, 0) is 10.5 Å². The van der Waals surface area contributed by atoms with E-state index in [0.29, 0.717) is 35.4 Å². The molecule has 0 bridgehead atoms. The average Bonchev–Trinajstić information content (AvgIpc) is 3.22. The summed E-state index contributed by atoms with van der Waals surface area (Å²) >= 11 is 1.46. The van der Waals surface area contributed by atoms with Crippen molar-refractivity contribution < 1.29 is 18.7 Å². The van der Waals surface area contributed by atoms with Gasteiger partial charge in [-0.2, -0.15) is 0 Å². The molecule has 158 valence electrons. The van der Waals surface area contributed by atoms with E-state index < -0.39 is 0 Å². The SMILES string of the molecule is COCCOc1ccc(NC(=O)c2ccccc2CSc2nc3ccccc3o2)cc1. The molecule has 3 aromatic carbocycles. The highest BCUT2D eigenvalue weighted by Crippen LogP contribution is 2.27. The van der Waals surface area contributed by atoms with E-state index in [1.54, 1.807) is 7.11 Å². The molecule has 0 saturated heterocycles. The van der Waals surface area contributed by atoms with E-state index >= 15 is 0 Å². The lowest BCUT2D eigenvalue weighted by Crippen LogP contribution is -2.14. The van der Waals surface area contributed by atoms with Crippen molar-refractivity contribution in [3.05, 3.63) is 83.9 Å². The van der Waals surface area contributed by atoms with Crippen molar-refractivity contribution in [2.75, 3.05) is 25.6 Å². The molecule has 0 aliphatic heterocycles. The first kappa shape index (κ1) is 21.0. The summed E-state index contributed by atoms with van der Waals surface area (Å²) in [6.45, 7) is 1.00. The number of nitrogens with zero attached hydrogens (tertiary/aromatic N) is 1. The standard InChI is InChI=1S/C24H22N2O4S/c1-28-14-15-29-19-12-10-18(11-13-19)25-23(27)20-7-3-2-6-17(20)16-31-24-26-21-8-4-5-9-22(21)30-24/h2-13H,14-16H2,1H3,(H,25,27). The number of thioether (sulfide) groups is 1. The molecule has 7 heteroatoms. The van der Waals surface area contributed by atoms with Gasteiger partial charge in [-0.1, -0.05) is 42.1 Å². The number of ether oxygens (including phenoxy) is 2. The molecule has 4 rings (SSSR count). The lowest BCUT2D eigenvalue weighted by molar-refractivity contribution is 0.102. The summed E-state index contributed by atoms with van der Waals surface area (Å²) in [6, 6.07) is 22.5. The number of aromatic nitrogens is 1. The molecule has 1 aromatic heterocycles. The Morgan fingerprint density at radius 1 is 1.00 bits per heavy atom. The molecule has 4 aromatic rings. The number of methoxy groups -OCH3 is 1. The summed E-state index contributed by atoms with van der Waals surface area (Å²) in [6.07, 6.45) is 0. The highest BCUT2D eigenvalue weighted by atomic mass is 32.2. The van der Waals surface area contributed by atoms with E-state index in [1.165, 1.54) is 11.8 Å². The summed E-state index contributed by atoms with van der Waals surface area (Å²) in [4.78, 5) is 17.4. The molecule has 0 saturated carbocycles. The third kappa shape index (κ3) is 5.45. The first-order chi connectivity index (χ1) is 15.2. The van der Waals surface area contributed by atoms with Crippen molar-refractivity contribution in [3.63, 3.8) is 0 Å². The Morgan fingerprint density at radius 3 is 2.58 bits per heavy atom. The van der Waals surface area contributed by atoms with Crippen molar-refractivity contribution in [3.8, 4) is 5.75 Å². The molecule has 0 atom stereocenters. The van der Waals surface area contributed by atoms with E-state index in [2.05, 4.69) is 10.3 Å². The van der Waals surface area contributed by atoms with Gasteiger partial charge in [-0.3, -0.25) is 4.79 Å². The van der Waals surface area contributed by atoms with Crippen LogP contribution in [0, 0.1) is 0 Å². The number of hydrogen-bond acceptors (Lipinski definition) is 6. The monoisotopic (exact) mass is 434 g/mol. The normalized spacial score (nSPS) is 10.9. The predicted octanol–water partition coefficient (Wildman–Crippen LogP) is 5.40. The molecule has 1 amide bonds. The van der Waals surface area contributed by atoms with Crippen LogP contribution >= 0.6 is 11.8 Å². The minimum absolute atomic E-state index is 0.165. The van der Waals surface area contributed by atoms with Gasteiger partial charge < -0.3 is 19.2 Å². The molecule has 0 unspecified atom stereocenters. The third-order valence-corrected chi connectivity index (χ3v) is 5.43. The number of anilines is 1. The van der Waals surface area contributed by atoms with Crippen LogP contribution in [0.4, 0.5) is 5.69 Å². The van der Waals surface area contributed by atoms with Gasteiger partial charge in [0.15, 0.2) is 5.58 Å². The Labute approximate surface area is 184 Å². The van der Waals surface area contributed by atoms with Gasteiger partial charge in [-0.05, 0) is 48.0 Å². The van der Waals surface area contributed by atoms with Gasteiger partial charge in [0.1, 0.15) is 17.9 Å². The average molecular weight is 435 g/mol. The lowest BCUT2D eigenvalue weighted by atomic mass is 10.1. The summed E-state index contributed by atoms with van der Waals surface area (Å²) in [5.74, 6) is 1.13. The smallest absolute Gasteiger partial charge is 0.257 e. The van der Waals surface area contributed by atoms with E-state index in [9.17, 15) is 4.79 Å². The molecular formula is C24H22N2O4S. The Hall–Kier alpha value is -3.29. The fraction of sp³-hybridized carbons (Fsp3) is 0.167. The number of nitrogens with one attached hydrogen (secondary N) is 1. The molecule has 0 spiro atoms. The van der Waals surface area contributed by atoms with E-state index in [4.69, 9.17) is 13.9 Å². The second kappa shape index (κ2) is 10.1. The number of oxazole rings is 1. The number of benzene rings is 3. The summed E-state index contributed by atoms with van der Waals surface area (Å²) < 4.78 is 16.3. The Bertz CT molecular complexity index is 1120. The Morgan fingerprint density at radius 2 is 1.77 bits per heavy atom. The van der Waals surface area contributed by atoms with Crippen molar-refractivity contribution in [1.29, 1.82) is 0 Å². The number of carbonyl (C=O) groups is 1. The van der Waals surface area contributed by atoms with Crippen LogP contribution in [0.25, 0.3) is 11.1 Å². The zero-order valence-corrected chi connectivity index (χ0v) is 17.9. The van der Waals surface area contributed by atoms with Gasteiger partial charge in [0.25, 0.3) is 11.1 Å². The van der Waals surface area contributed by atoms with Crippen LogP contribution in [0.2, 0.25) is 0 Å². The van der Waals surface area contributed by atoms with Crippen LogP contribution in [0.1, 0.15) is 15.9 Å². The highest BCUT2D eigenvalue weighted by molar-refractivity contribution is 7.98. The van der Waals surface area contributed by atoms with Crippen LogP contribution in [0.5, 0.6) is 5.75 Å². The largest absolute Gasteiger partial charge is 0.491 e. The van der Waals surface area contributed by atoms with Gasteiger partial charge in [-0.25, -0.2) is 4.98 Å². The number of carbonyl (C=O) groups excluding carboxylic acids is 1. The van der Waals surface area contributed by atoms with E-state index in [0.717, 1.165) is 22.4 Å². The molecule has 0 aliphatic rings. The molecule has 31 heavy (non-hydrogen) atoms. The van der Waals surface area contributed by atoms with Crippen molar-refractivity contribution >= 4 is 34.5 Å². The fourth-order valence-electron chi connectivity index (χ4n) is 3.00. The van der Waals surface area contributed by atoms with Crippen LogP contribution in [-0.4, -0.2) is 31.2 Å². The Balaban J connectivity index is 1.40. The topological polar surface area (TPSA) is 73.6 Å². The minimum atomic E-state index is -0.165. The molecule has 0 fully saturated rings. The number of para-hydroxylation sites is 2. The molecule has 0 aliphatic carbocycles. The summed E-state index contributed by atoms with van der Waals surface area (Å²) in [7, 11) is 1.63. The maximum atomic E-state index is 12.9. The first-order valence-corrected chi connectivity index (χ1v) is 10.8. The van der Waals surface area contributed by atoms with E-state index in [1.807, 2.05) is 72.8 Å². The van der Waals surface area contributed by atoms with Gasteiger partial charge >= 0.3 is 0 Å². The maximum absolute atomic E-state index is 12.9. The fourth-order valence-corrected chi connectivity index (χ4v) is 3.84. The van der Waals surface area contributed by atoms with Gasteiger partial charge in [0.05, 0.1) is 6.61 Å². The van der Waals surface area contributed by atoms with Gasteiger partial charge in [-0.15, -0.1) is 0 Å². The number of amides is 1. The maximum Gasteiger partial charge on any atom is 0.257 e. The highest BCUT2D eigenvalue weighted by Gasteiger charge is 2.13. The van der Waals surface area contributed by atoms with Crippen LogP contribution < -0.4 is 10.1 Å². The van der Waals surface area contributed by atoms with Gasteiger partial charge in [0.2, 0.25) is 0 Å². The molecule has 6 nitrogen and oxygen atoms in total. The third-order valence-electron chi connectivity index (χ3n) is 4.56. The Kier molecular flexibility index (Phi) is 6.86. The predicted molar refractivity (Wildman–Crippen MR) is 122 cm³/mol. The van der Waals surface area contributed by atoms with Crippen molar-refractivity contribution in [2.24, 2.45) is 0 Å². The van der Waals surface area contributed by atoms with Crippen molar-refractivity contribution in [1.82, 2.24) is 4.98 Å². The van der Waals surface area contributed by atoms with Crippen LogP contribution in [0.15, 0.2) is 82.4 Å². The zero-order chi connectivity index (χ0) is 21.5. The second-order valence-corrected chi connectivity index (χ2v) is 7.64. The molecular weight excluding hydrogens is 412 g/mol.